The second-order valence-corrected chi connectivity index (χ2v) is 6.63. The molecule has 0 radical (unpaired) electrons. The zero-order valence-corrected chi connectivity index (χ0v) is 12.2. The highest BCUT2D eigenvalue weighted by Crippen LogP contribution is 2.24. The topological polar surface area (TPSA) is 55.8 Å². The Kier molecular flexibility index (Phi) is 4.13. The lowest BCUT2D eigenvalue weighted by Crippen LogP contribution is -2.50. The molecule has 106 valence electrons. The number of benzene rings is 1. The Hall–Kier alpha value is -1.11. The molecule has 2 atom stereocenters. The first kappa shape index (κ1) is 14.3. The standard InChI is InChI=1S/C13H19NO4S/c1-10-9-18-11(2)8-14(10)19(15,16)13-6-4-12(17-3)5-7-13/h4-7,10-11H,8-9H2,1-3H3. The average molecular weight is 285 g/mol. The first-order valence-electron chi connectivity index (χ1n) is 6.22. The summed E-state index contributed by atoms with van der Waals surface area (Å²) in [5.74, 6) is 0.641. The van der Waals surface area contributed by atoms with Crippen LogP contribution in [0.3, 0.4) is 0 Å². The molecule has 1 fully saturated rings. The van der Waals surface area contributed by atoms with Gasteiger partial charge in [0.2, 0.25) is 10.0 Å². The molecular weight excluding hydrogens is 266 g/mol. The molecule has 19 heavy (non-hydrogen) atoms. The summed E-state index contributed by atoms with van der Waals surface area (Å²) >= 11 is 0. The molecule has 1 heterocycles. The smallest absolute Gasteiger partial charge is 0.243 e. The van der Waals surface area contributed by atoms with Crippen molar-refractivity contribution in [1.82, 2.24) is 4.31 Å². The Bertz CT molecular complexity index is 526. The number of methoxy groups -OCH3 is 1. The van der Waals surface area contributed by atoms with E-state index in [1.807, 2.05) is 13.8 Å². The summed E-state index contributed by atoms with van der Waals surface area (Å²) in [4.78, 5) is 0.286. The number of hydrogen-bond acceptors (Lipinski definition) is 4. The van der Waals surface area contributed by atoms with Gasteiger partial charge in [-0.3, -0.25) is 0 Å². The maximum Gasteiger partial charge on any atom is 0.243 e. The van der Waals surface area contributed by atoms with E-state index in [4.69, 9.17) is 9.47 Å². The highest BCUT2D eigenvalue weighted by molar-refractivity contribution is 7.89. The minimum Gasteiger partial charge on any atom is -0.497 e. The Labute approximate surface area is 114 Å². The molecule has 1 aromatic rings. The predicted octanol–water partition coefficient (Wildman–Crippen LogP) is 1.49. The zero-order chi connectivity index (χ0) is 14.0. The molecule has 1 aliphatic rings. The van der Waals surface area contributed by atoms with Gasteiger partial charge in [-0.15, -0.1) is 0 Å². The van der Waals surface area contributed by atoms with Gasteiger partial charge in [-0.2, -0.15) is 4.31 Å². The largest absolute Gasteiger partial charge is 0.497 e. The van der Waals surface area contributed by atoms with Crippen molar-refractivity contribution >= 4 is 10.0 Å². The number of sulfonamides is 1. The normalized spacial score (nSPS) is 25.2. The maximum absolute atomic E-state index is 12.6. The van der Waals surface area contributed by atoms with Crippen LogP contribution in [-0.4, -0.2) is 45.1 Å². The Morgan fingerprint density at radius 3 is 2.47 bits per heavy atom. The molecule has 1 aromatic carbocycles. The highest BCUT2D eigenvalue weighted by Gasteiger charge is 2.33. The monoisotopic (exact) mass is 285 g/mol. The molecule has 0 aliphatic carbocycles. The Balaban J connectivity index is 2.29. The predicted molar refractivity (Wildman–Crippen MR) is 71.8 cm³/mol. The van der Waals surface area contributed by atoms with Gasteiger partial charge in [-0.1, -0.05) is 0 Å². The van der Waals surface area contributed by atoms with Gasteiger partial charge in [-0.05, 0) is 38.1 Å². The van der Waals surface area contributed by atoms with Crippen LogP contribution in [0.25, 0.3) is 0 Å². The summed E-state index contributed by atoms with van der Waals surface area (Å²) in [5.41, 5.74) is 0. The van der Waals surface area contributed by atoms with E-state index in [-0.39, 0.29) is 17.0 Å². The fourth-order valence-electron chi connectivity index (χ4n) is 2.09. The van der Waals surface area contributed by atoms with Crippen molar-refractivity contribution < 1.29 is 17.9 Å². The van der Waals surface area contributed by atoms with Crippen LogP contribution < -0.4 is 4.74 Å². The summed E-state index contributed by atoms with van der Waals surface area (Å²) in [6.45, 7) is 4.54. The van der Waals surface area contributed by atoms with Gasteiger partial charge < -0.3 is 9.47 Å². The summed E-state index contributed by atoms with van der Waals surface area (Å²) < 4.78 is 37.1. The molecule has 0 spiro atoms. The quantitative estimate of drug-likeness (QED) is 0.844. The third-order valence-corrected chi connectivity index (χ3v) is 5.21. The summed E-state index contributed by atoms with van der Waals surface area (Å²) in [5, 5.41) is 0. The molecule has 5 nitrogen and oxygen atoms in total. The minimum atomic E-state index is -3.47. The number of hydrogen-bond donors (Lipinski definition) is 0. The first-order valence-corrected chi connectivity index (χ1v) is 7.66. The highest BCUT2D eigenvalue weighted by atomic mass is 32.2. The van der Waals surface area contributed by atoms with E-state index < -0.39 is 10.0 Å². The van der Waals surface area contributed by atoms with Crippen molar-refractivity contribution in [3.63, 3.8) is 0 Å². The molecule has 0 saturated carbocycles. The van der Waals surface area contributed by atoms with Crippen molar-refractivity contribution in [3.05, 3.63) is 24.3 Å². The second-order valence-electron chi connectivity index (χ2n) is 4.74. The van der Waals surface area contributed by atoms with Crippen LogP contribution in [0.15, 0.2) is 29.2 Å². The Morgan fingerprint density at radius 1 is 1.26 bits per heavy atom. The molecule has 1 aliphatic heterocycles. The van der Waals surface area contributed by atoms with Gasteiger partial charge in [0.25, 0.3) is 0 Å². The van der Waals surface area contributed by atoms with E-state index in [1.54, 1.807) is 31.4 Å². The number of rotatable bonds is 3. The third kappa shape index (κ3) is 2.91. The molecule has 2 rings (SSSR count). The van der Waals surface area contributed by atoms with Crippen LogP contribution in [0, 0.1) is 0 Å². The van der Waals surface area contributed by atoms with Crippen LogP contribution in [-0.2, 0) is 14.8 Å². The van der Waals surface area contributed by atoms with Gasteiger partial charge in [0.05, 0.1) is 24.7 Å². The van der Waals surface area contributed by atoms with E-state index in [1.165, 1.54) is 4.31 Å². The van der Waals surface area contributed by atoms with Crippen LogP contribution in [0.4, 0.5) is 0 Å². The summed E-state index contributed by atoms with van der Waals surface area (Å²) in [6.07, 6.45) is -0.0794. The third-order valence-electron chi connectivity index (χ3n) is 3.22. The van der Waals surface area contributed by atoms with Crippen molar-refractivity contribution in [3.8, 4) is 5.75 Å². The maximum atomic E-state index is 12.6. The summed E-state index contributed by atoms with van der Waals surface area (Å²) in [7, 11) is -1.92. The molecule has 0 aromatic heterocycles. The van der Waals surface area contributed by atoms with E-state index in [2.05, 4.69) is 0 Å². The fraction of sp³-hybridized carbons (Fsp3) is 0.538. The first-order chi connectivity index (χ1) is 8.95. The van der Waals surface area contributed by atoms with Crippen molar-refractivity contribution in [2.45, 2.75) is 30.9 Å². The van der Waals surface area contributed by atoms with Crippen LogP contribution in [0.2, 0.25) is 0 Å². The van der Waals surface area contributed by atoms with Gasteiger partial charge in [0.1, 0.15) is 5.75 Å². The Morgan fingerprint density at radius 2 is 1.89 bits per heavy atom. The average Bonchev–Trinajstić information content (AvgIpc) is 2.41. The lowest BCUT2D eigenvalue weighted by Gasteiger charge is -2.35. The molecule has 0 bridgehead atoms. The summed E-state index contributed by atoms with van der Waals surface area (Å²) in [6, 6.07) is 6.30. The van der Waals surface area contributed by atoms with Gasteiger partial charge in [-0.25, -0.2) is 8.42 Å². The van der Waals surface area contributed by atoms with Crippen molar-refractivity contribution in [1.29, 1.82) is 0 Å². The van der Waals surface area contributed by atoms with Gasteiger partial charge in [0.15, 0.2) is 0 Å². The van der Waals surface area contributed by atoms with E-state index in [0.29, 0.717) is 18.9 Å². The van der Waals surface area contributed by atoms with Crippen molar-refractivity contribution in [2.75, 3.05) is 20.3 Å². The number of nitrogens with zero attached hydrogens (tertiary/aromatic N) is 1. The molecular formula is C13H19NO4S. The molecule has 1 saturated heterocycles. The van der Waals surface area contributed by atoms with E-state index >= 15 is 0 Å². The number of morpholine rings is 1. The van der Waals surface area contributed by atoms with E-state index in [0.717, 1.165) is 0 Å². The molecule has 0 amide bonds. The van der Waals surface area contributed by atoms with Crippen molar-refractivity contribution in [2.24, 2.45) is 0 Å². The number of ether oxygens (including phenoxy) is 2. The van der Waals surface area contributed by atoms with Gasteiger partial charge >= 0.3 is 0 Å². The van der Waals surface area contributed by atoms with Crippen LogP contribution in [0.5, 0.6) is 5.75 Å². The molecule has 0 N–H and O–H groups in total. The molecule has 2 unspecified atom stereocenters. The SMILES string of the molecule is COc1ccc(S(=O)(=O)N2CC(C)OCC2C)cc1. The van der Waals surface area contributed by atoms with Crippen LogP contribution in [0.1, 0.15) is 13.8 Å². The zero-order valence-electron chi connectivity index (χ0n) is 11.4. The van der Waals surface area contributed by atoms with Crippen LogP contribution >= 0.6 is 0 Å². The lowest BCUT2D eigenvalue weighted by atomic mass is 10.2. The second kappa shape index (κ2) is 5.48. The minimum absolute atomic E-state index is 0.0794. The lowest BCUT2D eigenvalue weighted by molar-refractivity contribution is -0.0170. The molecule has 6 heteroatoms. The van der Waals surface area contributed by atoms with E-state index in [9.17, 15) is 8.42 Å². The fourth-order valence-corrected chi connectivity index (χ4v) is 3.78. The van der Waals surface area contributed by atoms with Gasteiger partial charge in [0, 0.05) is 12.6 Å².